The molecule has 2 amide bonds. The van der Waals surface area contributed by atoms with Crippen LogP contribution in [0.15, 0.2) is 48.2 Å². The lowest BCUT2D eigenvalue weighted by molar-refractivity contribution is -0.122. The molecule has 4 heterocycles. The van der Waals surface area contributed by atoms with Gasteiger partial charge in [-0.2, -0.15) is 0 Å². The van der Waals surface area contributed by atoms with E-state index in [1.807, 2.05) is 29.6 Å². The van der Waals surface area contributed by atoms with Gasteiger partial charge < -0.3 is 16.0 Å². The summed E-state index contributed by atoms with van der Waals surface area (Å²) in [5.74, 6) is 0.214. The zero-order valence-corrected chi connectivity index (χ0v) is 17.1. The first-order valence-corrected chi connectivity index (χ1v) is 10.6. The molecule has 0 spiro atoms. The van der Waals surface area contributed by atoms with Gasteiger partial charge >= 0.3 is 0 Å². The third-order valence-electron chi connectivity index (χ3n) is 4.98. The Morgan fingerprint density at radius 1 is 1.27 bits per heavy atom. The van der Waals surface area contributed by atoms with Crippen molar-refractivity contribution < 1.29 is 9.59 Å². The molecule has 30 heavy (non-hydrogen) atoms. The lowest BCUT2D eigenvalue weighted by Crippen LogP contribution is -2.41. The SMILES string of the molecule is NC(=O)C1CCCN(c2ccc(NC(=O)Cc3csc(-c4cccnc4)n3)cn2)C1. The standard InChI is InChI=1S/C21H22N6O2S/c22-20(29)15-4-2-8-27(12-15)18-6-5-16(11-24-18)25-19(28)9-17-13-30-21(26-17)14-3-1-7-23-10-14/h1,3,5-7,10-11,13,15H,2,4,8-9,12H2,(H2,22,29)(H,25,28). The Morgan fingerprint density at radius 2 is 2.17 bits per heavy atom. The normalized spacial score (nSPS) is 16.3. The molecule has 3 aromatic heterocycles. The number of pyridine rings is 2. The van der Waals surface area contributed by atoms with Crippen LogP contribution in [0, 0.1) is 5.92 Å². The predicted molar refractivity (Wildman–Crippen MR) is 116 cm³/mol. The molecule has 0 saturated carbocycles. The molecule has 1 atom stereocenters. The van der Waals surface area contributed by atoms with Gasteiger partial charge in [0.25, 0.3) is 0 Å². The van der Waals surface area contributed by atoms with Crippen molar-refractivity contribution in [3.05, 3.63) is 53.9 Å². The molecule has 4 rings (SSSR count). The number of nitrogens with two attached hydrogens (primary N) is 1. The molecule has 1 fully saturated rings. The summed E-state index contributed by atoms with van der Waals surface area (Å²) in [7, 11) is 0. The highest BCUT2D eigenvalue weighted by Gasteiger charge is 2.24. The fourth-order valence-electron chi connectivity index (χ4n) is 3.44. The number of hydrogen-bond acceptors (Lipinski definition) is 7. The Morgan fingerprint density at radius 3 is 2.90 bits per heavy atom. The van der Waals surface area contributed by atoms with Gasteiger partial charge in [-0.3, -0.25) is 14.6 Å². The second-order valence-corrected chi connectivity index (χ2v) is 8.06. The van der Waals surface area contributed by atoms with E-state index >= 15 is 0 Å². The van der Waals surface area contributed by atoms with E-state index in [0.29, 0.717) is 17.9 Å². The summed E-state index contributed by atoms with van der Waals surface area (Å²) >= 11 is 1.49. The highest BCUT2D eigenvalue weighted by atomic mass is 32.1. The zero-order chi connectivity index (χ0) is 20.9. The van der Waals surface area contributed by atoms with E-state index in [9.17, 15) is 9.59 Å². The maximum atomic E-state index is 12.4. The number of thiazole rings is 1. The van der Waals surface area contributed by atoms with Crippen LogP contribution in [0.2, 0.25) is 0 Å². The first-order chi connectivity index (χ1) is 14.6. The van der Waals surface area contributed by atoms with Crippen LogP contribution < -0.4 is 16.0 Å². The van der Waals surface area contributed by atoms with Crippen molar-refractivity contribution in [2.45, 2.75) is 19.3 Å². The van der Waals surface area contributed by atoms with Gasteiger partial charge in [-0.15, -0.1) is 11.3 Å². The molecule has 0 aromatic carbocycles. The third kappa shape index (κ3) is 4.80. The van der Waals surface area contributed by atoms with Gasteiger partial charge in [0.15, 0.2) is 0 Å². The van der Waals surface area contributed by atoms with Crippen LogP contribution in [0.4, 0.5) is 11.5 Å². The first-order valence-electron chi connectivity index (χ1n) is 9.73. The number of carbonyl (C=O) groups is 2. The van der Waals surface area contributed by atoms with E-state index in [0.717, 1.165) is 35.8 Å². The molecule has 0 radical (unpaired) electrons. The monoisotopic (exact) mass is 422 g/mol. The predicted octanol–water partition coefficient (Wildman–Crippen LogP) is 2.48. The highest BCUT2D eigenvalue weighted by molar-refractivity contribution is 7.13. The van der Waals surface area contributed by atoms with Gasteiger partial charge in [0.2, 0.25) is 11.8 Å². The molecular formula is C21H22N6O2S. The summed E-state index contributed by atoms with van der Waals surface area (Å²) in [5.41, 5.74) is 7.71. The fraction of sp³-hybridized carbons (Fsp3) is 0.286. The van der Waals surface area contributed by atoms with E-state index in [-0.39, 0.29) is 24.2 Å². The Hall–Kier alpha value is -3.33. The molecular weight excluding hydrogens is 400 g/mol. The van der Waals surface area contributed by atoms with Crippen LogP contribution >= 0.6 is 11.3 Å². The van der Waals surface area contributed by atoms with E-state index < -0.39 is 0 Å². The third-order valence-corrected chi connectivity index (χ3v) is 5.92. The second kappa shape index (κ2) is 9.00. The lowest BCUT2D eigenvalue weighted by atomic mass is 9.97. The molecule has 0 aliphatic carbocycles. The zero-order valence-electron chi connectivity index (χ0n) is 16.3. The average molecular weight is 423 g/mol. The molecule has 154 valence electrons. The van der Waals surface area contributed by atoms with Crippen molar-refractivity contribution in [3.8, 4) is 10.6 Å². The largest absolute Gasteiger partial charge is 0.369 e. The van der Waals surface area contributed by atoms with Crippen LogP contribution in [0.1, 0.15) is 18.5 Å². The van der Waals surface area contributed by atoms with Crippen LogP contribution in [-0.4, -0.2) is 39.9 Å². The summed E-state index contributed by atoms with van der Waals surface area (Å²) in [4.78, 5) is 38.9. The summed E-state index contributed by atoms with van der Waals surface area (Å²) < 4.78 is 0. The Balaban J connectivity index is 1.34. The number of hydrogen-bond donors (Lipinski definition) is 2. The maximum Gasteiger partial charge on any atom is 0.230 e. The quantitative estimate of drug-likeness (QED) is 0.631. The molecule has 1 saturated heterocycles. The molecule has 3 aromatic rings. The lowest BCUT2D eigenvalue weighted by Gasteiger charge is -2.32. The van der Waals surface area contributed by atoms with E-state index in [1.54, 1.807) is 18.6 Å². The number of piperidine rings is 1. The Bertz CT molecular complexity index is 1020. The van der Waals surface area contributed by atoms with Crippen molar-refractivity contribution >= 4 is 34.7 Å². The summed E-state index contributed by atoms with van der Waals surface area (Å²) in [6.45, 7) is 1.42. The maximum absolute atomic E-state index is 12.4. The van der Waals surface area contributed by atoms with E-state index in [1.165, 1.54) is 11.3 Å². The number of amides is 2. The summed E-state index contributed by atoms with van der Waals surface area (Å²) in [6.07, 6.45) is 7.01. The van der Waals surface area contributed by atoms with Crippen molar-refractivity contribution in [2.24, 2.45) is 11.7 Å². The number of nitrogens with one attached hydrogen (secondary N) is 1. The molecule has 9 heteroatoms. The number of carbonyl (C=O) groups excluding carboxylic acids is 2. The van der Waals surface area contributed by atoms with E-state index in [2.05, 4.69) is 25.2 Å². The molecule has 1 unspecified atom stereocenters. The van der Waals surface area contributed by atoms with Gasteiger partial charge in [0, 0.05) is 36.4 Å². The molecule has 0 bridgehead atoms. The second-order valence-electron chi connectivity index (χ2n) is 7.20. The number of primary amides is 1. The number of aromatic nitrogens is 3. The van der Waals surface area contributed by atoms with Gasteiger partial charge in [-0.1, -0.05) is 0 Å². The van der Waals surface area contributed by atoms with Crippen molar-refractivity contribution in [1.29, 1.82) is 0 Å². The van der Waals surface area contributed by atoms with Crippen molar-refractivity contribution in [3.63, 3.8) is 0 Å². The molecule has 3 N–H and O–H groups in total. The highest BCUT2D eigenvalue weighted by Crippen LogP contribution is 2.24. The van der Waals surface area contributed by atoms with Gasteiger partial charge in [0.1, 0.15) is 10.8 Å². The number of rotatable bonds is 6. The van der Waals surface area contributed by atoms with Gasteiger partial charge in [-0.25, -0.2) is 9.97 Å². The number of anilines is 2. The van der Waals surface area contributed by atoms with Crippen molar-refractivity contribution in [2.75, 3.05) is 23.3 Å². The van der Waals surface area contributed by atoms with Gasteiger partial charge in [0.05, 0.1) is 29.9 Å². The Kier molecular flexibility index (Phi) is 5.99. The molecule has 1 aliphatic rings. The minimum atomic E-state index is -0.266. The van der Waals surface area contributed by atoms with Crippen LogP contribution in [0.5, 0.6) is 0 Å². The topological polar surface area (TPSA) is 114 Å². The average Bonchev–Trinajstić information content (AvgIpc) is 3.23. The fourth-order valence-corrected chi connectivity index (χ4v) is 4.25. The van der Waals surface area contributed by atoms with E-state index in [4.69, 9.17) is 5.73 Å². The summed E-state index contributed by atoms with van der Waals surface area (Å²) in [6, 6.07) is 7.47. The minimum Gasteiger partial charge on any atom is -0.369 e. The van der Waals surface area contributed by atoms with Gasteiger partial charge in [-0.05, 0) is 37.1 Å². The van der Waals surface area contributed by atoms with Crippen LogP contribution in [-0.2, 0) is 16.0 Å². The Labute approximate surface area is 178 Å². The summed E-state index contributed by atoms with van der Waals surface area (Å²) in [5, 5.41) is 5.58. The van der Waals surface area contributed by atoms with Crippen LogP contribution in [0.25, 0.3) is 10.6 Å². The molecule has 1 aliphatic heterocycles. The smallest absolute Gasteiger partial charge is 0.230 e. The minimum absolute atomic E-state index is 0.144. The first kappa shape index (κ1) is 20.0. The van der Waals surface area contributed by atoms with Crippen molar-refractivity contribution in [1.82, 2.24) is 15.0 Å². The molecule has 8 nitrogen and oxygen atoms in total. The number of nitrogens with zero attached hydrogens (tertiary/aromatic N) is 4. The van der Waals surface area contributed by atoms with Crippen LogP contribution in [0.3, 0.4) is 0 Å².